The van der Waals surface area contributed by atoms with E-state index in [0.717, 1.165) is 13.0 Å². The standard InChI is InChI=1S/C24H34N2O2/c1-4-28-24(27)25-22(14-17-26-15-8-5-9-16-26)23-20(18(2)3)13-12-19-10-6-7-11-21(19)23/h6-7,10-13,18,22H,4-5,8-9,14-17H2,1-3H3,(H,25,27). The highest BCUT2D eigenvalue weighted by Gasteiger charge is 2.23. The number of amides is 1. The Kier molecular flexibility index (Phi) is 7.32. The quantitative estimate of drug-likeness (QED) is 0.675. The zero-order valence-electron chi connectivity index (χ0n) is 17.5. The number of alkyl carbamates (subject to hydrolysis) is 1. The SMILES string of the molecule is CCOC(=O)NC(CCN1CCCCC1)c1c(C(C)C)ccc2ccccc12. The first kappa shape index (κ1) is 20.7. The molecule has 2 aromatic carbocycles. The highest BCUT2D eigenvalue weighted by Crippen LogP contribution is 2.34. The molecule has 1 N–H and O–H groups in total. The van der Waals surface area contributed by atoms with Crippen molar-refractivity contribution in [3.05, 3.63) is 47.5 Å². The predicted molar refractivity (Wildman–Crippen MR) is 116 cm³/mol. The molecule has 28 heavy (non-hydrogen) atoms. The molecule has 0 aromatic heterocycles. The average Bonchev–Trinajstić information content (AvgIpc) is 2.71. The second-order valence-corrected chi connectivity index (χ2v) is 8.05. The van der Waals surface area contributed by atoms with Gasteiger partial charge < -0.3 is 15.0 Å². The molecule has 1 unspecified atom stereocenters. The van der Waals surface area contributed by atoms with Crippen LogP contribution in [0.1, 0.15) is 69.5 Å². The second-order valence-electron chi connectivity index (χ2n) is 8.05. The number of carbonyl (C=O) groups is 1. The minimum atomic E-state index is -0.325. The molecule has 0 bridgehead atoms. The van der Waals surface area contributed by atoms with Gasteiger partial charge in [-0.05, 0) is 67.1 Å². The van der Waals surface area contributed by atoms with Crippen LogP contribution in [0.2, 0.25) is 0 Å². The third-order valence-electron chi connectivity index (χ3n) is 5.73. The van der Waals surface area contributed by atoms with Crippen molar-refractivity contribution in [3.63, 3.8) is 0 Å². The van der Waals surface area contributed by atoms with Crippen molar-refractivity contribution in [2.45, 2.75) is 58.4 Å². The van der Waals surface area contributed by atoms with Crippen LogP contribution in [0.15, 0.2) is 36.4 Å². The van der Waals surface area contributed by atoms with Crippen molar-refractivity contribution in [2.24, 2.45) is 0 Å². The lowest BCUT2D eigenvalue weighted by Crippen LogP contribution is -2.35. The number of nitrogens with zero attached hydrogens (tertiary/aromatic N) is 1. The fraction of sp³-hybridized carbons (Fsp3) is 0.542. The maximum absolute atomic E-state index is 12.3. The molecular formula is C24H34N2O2. The number of rotatable bonds is 7. The van der Waals surface area contributed by atoms with Crippen LogP contribution in [0, 0.1) is 0 Å². The normalized spacial score (nSPS) is 16.3. The smallest absolute Gasteiger partial charge is 0.407 e. The maximum atomic E-state index is 12.3. The Labute approximate surface area is 169 Å². The zero-order valence-corrected chi connectivity index (χ0v) is 17.5. The van der Waals surface area contributed by atoms with E-state index in [1.807, 2.05) is 6.92 Å². The lowest BCUT2D eigenvalue weighted by molar-refractivity contribution is 0.145. The summed E-state index contributed by atoms with van der Waals surface area (Å²) in [5.74, 6) is 0.390. The molecule has 1 amide bonds. The van der Waals surface area contributed by atoms with Crippen molar-refractivity contribution in [1.29, 1.82) is 0 Å². The van der Waals surface area contributed by atoms with Crippen molar-refractivity contribution in [3.8, 4) is 0 Å². The van der Waals surface area contributed by atoms with Crippen molar-refractivity contribution in [2.75, 3.05) is 26.2 Å². The zero-order chi connectivity index (χ0) is 19.9. The van der Waals surface area contributed by atoms with Crippen molar-refractivity contribution in [1.82, 2.24) is 10.2 Å². The van der Waals surface area contributed by atoms with Gasteiger partial charge in [-0.2, -0.15) is 0 Å². The fourth-order valence-corrected chi connectivity index (χ4v) is 4.30. The first-order valence-electron chi connectivity index (χ1n) is 10.8. The Morgan fingerprint density at radius 2 is 1.86 bits per heavy atom. The summed E-state index contributed by atoms with van der Waals surface area (Å²) in [7, 11) is 0. The number of ether oxygens (including phenoxy) is 1. The van der Waals surface area contributed by atoms with Crippen LogP contribution >= 0.6 is 0 Å². The van der Waals surface area contributed by atoms with Gasteiger partial charge in [0.15, 0.2) is 0 Å². The molecule has 1 heterocycles. The fourth-order valence-electron chi connectivity index (χ4n) is 4.30. The van der Waals surface area contributed by atoms with E-state index in [0.29, 0.717) is 12.5 Å². The molecule has 1 atom stereocenters. The number of benzene rings is 2. The molecule has 0 spiro atoms. The molecule has 0 radical (unpaired) electrons. The minimum absolute atomic E-state index is 0.0514. The first-order valence-corrected chi connectivity index (χ1v) is 10.8. The Hall–Kier alpha value is -2.07. The number of hydrogen-bond acceptors (Lipinski definition) is 3. The molecule has 1 aliphatic rings. The molecule has 152 valence electrons. The minimum Gasteiger partial charge on any atom is -0.450 e. The summed E-state index contributed by atoms with van der Waals surface area (Å²) in [5, 5.41) is 5.62. The number of hydrogen-bond donors (Lipinski definition) is 1. The van der Waals surface area contributed by atoms with Gasteiger partial charge in [0.25, 0.3) is 0 Å². The van der Waals surface area contributed by atoms with Crippen molar-refractivity contribution < 1.29 is 9.53 Å². The lowest BCUT2D eigenvalue weighted by Gasteiger charge is -2.30. The van der Waals surface area contributed by atoms with Gasteiger partial charge in [0, 0.05) is 6.54 Å². The van der Waals surface area contributed by atoms with Crippen LogP contribution in [0.5, 0.6) is 0 Å². The van der Waals surface area contributed by atoms with E-state index in [1.54, 1.807) is 0 Å². The molecule has 2 aromatic rings. The van der Waals surface area contributed by atoms with Crippen LogP contribution in [-0.2, 0) is 4.74 Å². The van der Waals surface area contributed by atoms with E-state index < -0.39 is 0 Å². The van der Waals surface area contributed by atoms with Gasteiger partial charge in [-0.25, -0.2) is 4.79 Å². The summed E-state index contributed by atoms with van der Waals surface area (Å²) in [6.45, 7) is 10.0. The van der Waals surface area contributed by atoms with Gasteiger partial charge in [-0.1, -0.05) is 56.7 Å². The van der Waals surface area contributed by atoms with E-state index in [2.05, 4.69) is 60.5 Å². The summed E-state index contributed by atoms with van der Waals surface area (Å²) in [5.41, 5.74) is 2.55. The maximum Gasteiger partial charge on any atom is 0.407 e. The third-order valence-corrected chi connectivity index (χ3v) is 5.73. The Balaban J connectivity index is 1.95. The van der Waals surface area contributed by atoms with Crippen LogP contribution in [-0.4, -0.2) is 37.2 Å². The monoisotopic (exact) mass is 382 g/mol. The summed E-state index contributed by atoms with van der Waals surface area (Å²) < 4.78 is 5.23. The third kappa shape index (κ3) is 5.05. The number of fused-ring (bicyclic) bond motifs is 1. The topological polar surface area (TPSA) is 41.6 Å². The lowest BCUT2D eigenvalue weighted by atomic mass is 9.87. The first-order chi connectivity index (χ1) is 13.6. The molecule has 1 saturated heterocycles. The number of carbonyl (C=O) groups excluding carboxylic acids is 1. The number of nitrogens with one attached hydrogen (secondary N) is 1. The molecule has 4 heteroatoms. The average molecular weight is 383 g/mol. The van der Waals surface area contributed by atoms with Crippen LogP contribution < -0.4 is 5.32 Å². The van der Waals surface area contributed by atoms with E-state index >= 15 is 0 Å². The van der Waals surface area contributed by atoms with Crippen LogP contribution in [0.25, 0.3) is 10.8 Å². The highest BCUT2D eigenvalue weighted by atomic mass is 16.5. The van der Waals surface area contributed by atoms with E-state index in [-0.39, 0.29) is 12.1 Å². The molecule has 3 rings (SSSR count). The van der Waals surface area contributed by atoms with Gasteiger partial charge >= 0.3 is 6.09 Å². The van der Waals surface area contributed by atoms with Gasteiger partial charge in [0.1, 0.15) is 0 Å². The number of piperidine rings is 1. The molecule has 1 aliphatic heterocycles. The molecular weight excluding hydrogens is 348 g/mol. The summed E-state index contributed by atoms with van der Waals surface area (Å²) >= 11 is 0. The Morgan fingerprint density at radius 1 is 1.11 bits per heavy atom. The summed E-state index contributed by atoms with van der Waals surface area (Å²) in [6.07, 6.45) is 4.46. The van der Waals surface area contributed by atoms with Gasteiger partial charge in [0.05, 0.1) is 12.6 Å². The molecule has 4 nitrogen and oxygen atoms in total. The molecule has 0 saturated carbocycles. The molecule has 0 aliphatic carbocycles. The van der Waals surface area contributed by atoms with E-state index in [4.69, 9.17) is 4.74 Å². The van der Waals surface area contributed by atoms with Crippen LogP contribution in [0.4, 0.5) is 4.79 Å². The van der Waals surface area contributed by atoms with Crippen molar-refractivity contribution >= 4 is 16.9 Å². The van der Waals surface area contributed by atoms with E-state index in [9.17, 15) is 4.79 Å². The predicted octanol–water partition coefficient (Wildman–Crippen LogP) is 5.63. The summed E-state index contributed by atoms with van der Waals surface area (Å²) in [4.78, 5) is 14.9. The summed E-state index contributed by atoms with van der Waals surface area (Å²) in [6, 6.07) is 12.9. The van der Waals surface area contributed by atoms with E-state index in [1.165, 1.54) is 54.3 Å². The van der Waals surface area contributed by atoms with Gasteiger partial charge in [0.2, 0.25) is 0 Å². The number of likely N-dealkylation sites (tertiary alicyclic amines) is 1. The molecule has 1 fully saturated rings. The Bertz CT molecular complexity index is 781. The second kappa shape index (κ2) is 9.92. The largest absolute Gasteiger partial charge is 0.450 e. The van der Waals surface area contributed by atoms with Gasteiger partial charge in [-0.15, -0.1) is 0 Å². The van der Waals surface area contributed by atoms with Gasteiger partial charge in [-0.3, -0.25) is 0 Å². The highest BCUT2D eigenvalue weighted by molar-refractivity contribution is 5.88. The van der Waals surface area contributed by atoms with Crippen LogP contribution in [0.3, 0.4) is 0 Å². The Morgan fingerprint density at radius 3 is 2.57 bits per heavy atom.